The standard InChI is InChI=1S/C39H78O4.C2H8NO4P/c1-3-5-7-9-11-13-15-17-19-21-23-25-27-29-31-33-35-42-37-38(36-40)43-39(41)34-32-30-28-26-24-22-20-18-16-14-12-10-8-6-4-2;3-1-2-7-8(4,5)6/h38,40H,3-37H2,1-2H3;1-3H2,(H2,4,5,6)/p-2. The predicted octanol–water partition coefficient (Wildman–Crippen LogP) is 10.2. The summed E-state index contributed by atoms with van der Waals surface area (Å²) in [7, 11) is -4.76. The maximum atomic E-state index is 12.1. The normalized spacial score (nSPS) is 12.1. The van der Waals surface area contributed by atoms with Gasteiger partial charge in [-0.3, -0.25) is 4.79 Å². The zero-order valence-electron chi connectivity index (χ0n) is 33.6. The first-order valence-electron chi connectivity index (χ1n) is 21.5. The van der Waals surface area contributed by atoms with E-state index in [4.69, 9.17) is 15.2 Å². The van der Waals surface area contributed by atoms with E-state index < -0.39 is 13.9 Å². The minimum absolute atomic E-state index is 0.0362. The van der Waals surface area contributed by atoms with Gasteiger partial charge >= 0.3 is 5.97 Å². The lowest BCUT2D eigenvalue weighted by atomic mass is 10.0. The molecule has 0 radical (unpaired) electrons. The Morgan fingerprint density at radius 2 is 0.902 bits per heavy atom. The number of aliphatic hydroxyl groups is 1. The number of phosphoric acid groups is 1. The first-order chi connectivity index (χ1) is 24.8. The lowest BCUT2D eigenvalue weighted by molar-refractivity contribution is -0.341. The van der Waals surface area contributed by atoms with Crippen molar-refractivity contribution in [2.45, 2.75) is 225 Å². The second-order valence-electron chi connectivity index (χ2n) is 14.4. The number of rotatable bonds is 40. The smallest absolute Gasteiger partial charge is 0.306 e. The fourth-order valence-electron chi connectivity index (χ4n) is 6.14. The number of aliphatic hydroxyl groups excluding tert-OH is 1. The summed E-state index contributed by atoms with van der Waals surface area (Å²) in [5.74, 6) is -0.195. The van der Waals surface area contributed by atoms with E-state index in [-0.39, 0.29) is 25.7 Å². The Morgan fingerprint density at radius 3 is 1.20 bits per heavy atom. The molecule has 0 fully saturated rings. The Morgan fingerprint density at radius 1 is 0.569 bits per heavy atom. The SMILES string of the molecule is CCCCCCCCCCCCCCCCCCOCC(CO)OC(=O)CCCCCCCCCCCCCCCCC.NCCOP(=O)([O-])[O-]. The van der Waals surface area contributed by atoms with E-state index in [1.54, 1.807) is 0 Å². The topological polar surface area (TPSA) is 154 Å². The fourth-order valence-corrected chi connectivity index (χ4v) is 6.47. The number of ether oxygens (including phenoxy) is 2. The summed E-state index contributed by atoms with van der Waals surface area (Å²) < 4.78 is 24.4. The van der Waals surface area contributed by atoms with Gasteiger partial charge in [0.05, 0.1) is 27.6 Å². The molecule has 0 saturated heterocycles. The molecule has 0 saturated carbocycles. The van der Waals surface area contributed by atoms with Crippen LogP contribution >= 0.6 is 7.82 Å². The van der Waals surface area contributed by atoms with Crippen LogP contribution in [0.25, 0.3) is 0 Å². The van der Waals surface area contributed by atoms with Gasteiger partial charge in [-0.15, -0.1) is 0 Å². The van der Waals surface area contributed by atoms with Gasteiger partial charge in [-0.2, -0.15) is 0 Å². The zero-order valence-corrected chi connectivity index (χ0v) is 34.5. The fraction of sp³-hybridized carbons (Fsp3) is 0.976. The van der Waals surface area contributed by atoms with Crippen LogP contribution in [0.5, 0.6) is 0 Å². The molecule has 0 amide bonds. The second-order valence-corrected chi connectivity index (χ2v) is 15.6. The van der Waals surface area contributed by atoms with Crippen LogP contribution in [0.15, 0.2) is 0 Å². The van der Waals surface area contributed by atoms with Crippen LogP contribution in [0.1, 0.15) is 219 Å². The Bertz CT molecular complexity index is 724. The summed E-state index contributed by atoms with van der Waals surface area (Å²) in [6, 6.07) is 0. The Kier molecular flexibility index (Phi) is 45.2. The van der Waals surface area contributed by atoms with Crippen molar-refractivity contribution in [2.24, 2.45) is 5.73 Å². The number of unbranched alkanes of at least 4 members (excludes halogenated alkanes) is 29. The molecule has 0 aliphatic rings. The largest absolute Gasteiger partial charge is 0.790 e. The Labute approximate surface area is 315 Å². The van der Waals surface area contributed by atoms with Gasteiger partial charge in [0.2, 0.25) is 0 Å². The average Bonchev–Trinajstić information content (AvgIpc) is 3.11. The first-order valence-corrected chi connectivity index (χ1v) is 23.0. The molecule has 0 rings (SSSR count). The Hall–Kier alpha value is -0.540. The molecule has 3 N–H and O–H groups in total. The van der Waals surface area contributed by atoms with Crippen LogP contribution in [0.4, 0.5) is 0 Å². The summed E-state index contributed by atoms with van der Waals surface area (Å²) in [5, 5.41) is 9.57. The van der Waals surface area contributed by atoms with Crippen LogP contribution < -0.4 is 15.5 Å². The summed E-state index contributed by atoms with van der Waals surface area (Å²) >= 11 is 0. The molecule has 0 aromatic rings. The molecule has 0 aromatic heterocycles. The summed E-state index contributed by atoms with van der Waals surface area (Å²) in [6.45, 7) is 5.20. The van der Waals surface area contributed by atoms with Crippen molar-refractivity contribution in [1.82, 2.24) is 0 Å². The van der Waals surface area contributed by atoms with Crippen molar-refractivity contribution in [3.63, 3.8) is 0 Å². The van der Waals surface area contributed by atoms with E-state index in [0.717, 1.165) is 19.3 Å². The molecule has 0 spiro atoms. The third-order valence-corrected chi connectivity index (χ3v) is 9.80. The van der Waals surface area contributed by atoms with Gasteiger partial charge in [-0.1, -0.05) is 200 Å². The molecule has 0 aromatic carbocycles. The second kappa shape index (κ2) is 43.9. The van der Waals surface area contributed by atoms with E-state index in [1.165, 1.54) is 180 Å². The quantitative estimate of drug-likeness (QED) is 0.0354. The Balaban J connectivity index is 0. The van der Waals surface area contributed by atoms with E-state index in [2.05, 4.69) is 18.4 Å². The molecule has 0 aliphatic carbocycles. The monoisotopic (exact) mass is 750 g/mol. The lowest BCUT2D eigenvalue weighted by Crippen LogP contribution is -2.27. The van der Waals surface area contributed by atoms with Gasteiger partial charge in [-0.25, -0.2) is 0 Å². The number of nitrogens with two attached hydrogens (primary N) is 1. The third kappa shape index (κ3) is 49.5. The highest BCUT2D eigenvalue weighted by Crippen LogP contribution is 2.23. The van der Waals surface area contributed by atoms with Gasteiger partial charge in [-0.05, 0) is 12.8 Å². The maximum Gasteiger partial charge on any atom is 0.306 e. The van der Waals surface area contributed by atoms with E-state index in [9.17, 15) is 24.3 Å². The number of esters is 1. The van der Waals surface area contributed by atoms with Crippen LogP contribution in [-0.4, -0.2) is 50.2 Å². The summed E-state index contributed by atoms with van der Waals surface area (Å²) in [4.78, 5) is 31.3. The van der Waals surface area contributed by atoms with Crippen molar-refractivity contribution < 1.29 is 38.3 Å². The number of hydrogen-bond donors (Lipinski definition) is 2. The highest BCUT2D eigenvalue weighted by atomic mass is 31.2. The molecular formula is C41H84NO8P-2. The van der Waals surface area contributed by atoms with Crippen molar-refractivity contribution in [3.8, 4) is 0 Å². The number of carbonyl (C=O) groups excluding carboxylic acids is 1. The van der Waals surface area contributed by atoms with Crippen LogP contribution in [0, 0.1) is 0 Å². The van der Waals surface area contributed by atoms with Gasteiger partial charge in [0.25, 0.3) is 0 Å². The molecule has 308 valence electrons. The average molecular weight is 750 g/mol. The van der Waals surface area contributed by atoms with Gasteiger partial charge in [0.1, 0.15) is 6.10 Å². The molecule has 0 bridgehead atoms. The zero-order chi connectivity index (χ0) is 37.9. The van der Waals surface area contributed by atoms with Crippen molar-refractivity contribution >= 4 is 13.8 Å². The highest BCUT2D eigenvalue weighted by molar-refractivity contribution is 7.43. The van der Waals surface area contributed by atoms with E-state index in [0.29, 0.717) is 19.6 Å². The number of phosphoric ester groups is 1. The van der Waals surface area contributed by atoms with Crippen LogP contribution in [0.2, 0.25) is 0 Å². The molecule has 0 heterocycles. The number of carbonyl (C=O) groups is 1. The molecule has 0 aliphatic heterocycles. The van der Waals surface area contributed by atoms with Crippen LogP contribution in [0.3, 0.4) is 0 Å². The highest BCUT2D eigenvalue weighted by Gasteiger charge is 2.13. The molecule has 1 atom stereocenters. The van der Waals surface area contributed by atoms with Crippen molar-refractivity contribution in [3.05, 3.63) is 0 Å². The van der Waals surface area contributed by atoms with Gasteiger partial charge in [0.15, 0.2) is 0 Å². The minimum Gasteiger partial charge on any atom is -0.790 e. The molecule has 9 nitrogen and oxygen atoms in total. The van der Waals surface area contributed by atoms with E-state index >= 15 is 0 Å². The third-order valence-electron chi connectivity index (χ3n) is 9.30. The number of hydrogen-bond acceptors (Lipinski definition) is 9. The van der Waals surface area contributed by atoms with Gasteiger partial charge in [0, 0.05) is 19.6 Å². The molecule has 1 unspecified atom stereocenters. The minimum atomic E-state index is -4.76. The molecular weight excluding hydrogens is 665 g/mol. The van der Waals surface area contributed by atoms with Crippen molar-refractivity contribution in [2.75, 3.05) is 33.0 Å². The maximum absolute atomic E-state index is 12.1. The van der Waals surface area contributed by atoms with Crippen molar-refractivity contribution in [1.29, 1.82) is 0 Å². The van der Waals surface area contributed by atoms with Crippen LogP contribution in [-0.2, 0) is 23.4 Å². The predicted molar refractivity (Wildman–Crippen MR) is 209 cm³/mol. The lowest BCUT2D eigenvalue weighted by Gasteiger charge is -2.27. The van der Waals surface area contributed by atoms with Gasteiger partial charge < -0.3 is 39.2 Å². The molecule has 10 heteroatoms. The molecule has 51 heavy (non-hydrogen) atoms. The first kappa shape index (κ1) is 52.6. The summed E-state index contributed by atoms with van der Waals surface area (Å²) in [6.07, 6.45) is 41.4. The summed E-state index contributed by atoms with van der Waals surface area (Å²) in [5.41, 5.74) is 4.81. The van der Waals surface area contributed by atoms with E-state index in [1.807, 2.05) is 0 Å².